The third-order valence-corrected chi connectivity index (χ3v) is 2.60. The van der Waals surface area contributed by atoms with Gasteiger partial charge in [0.15, 0.2) is 0 Å². The summed E-state index contributed by atoms with van der Waals surface area (Å²) in [6, 6.07) is 8.32. The van der Waals surface area contributed by atoms with Crippen molar-refractivity contribution in [1.82, 2.24) is 5.32 Å². The fourth-order valence-corrected chi connectivity index (χ4v) is 1.65. The van der Waals surface area contributed by atoms with Gasteiger partial charge in [0.05, 0.1) is 12.2 Å². The van der Waals surface area contributed by atoms with Gasteiger partial charge in [0.25, 0.3) is 0 Å². The molecule has 1 rings (SSSR count). The number of hydrogen-bond donors (Lipinski definition) is 1. The molecule has 0 heterocycles. The minimum Gasteiger partial charge on any atom is -0.375 e. The van der Waals surface area contributed by atoms with Crippen LogP contribution in [0.2, 0.25) is 0 Å². The van der Waals surface area contributed by atoms with Gasteiger partial charge in [-0.25, -0.2) is 0 Å². The second-order valence-corrected chi connectivity index (χ2v) is 5.36. The first-order valence-electron chi connectivity index (χ1n) is 6.00. The molecule has 0 saturated heterocycles. The van der Waals surface area contributed by atoms with E-state index in [4.69, 9.17) is 16.3 Å². The van der Waals surface area contributed by atoms with Crippen molar-refractivity contribution in [2.24, 2.45) is 0 Å². The predicted molar refractivity (Wildman–Crippen MR) is 73.4 cm³/mol. The third kappa shape index (κ3) is 6.67. The van der Waals surface area contributed by atoms with Crippen molar-refractivity contribution in [2.75, 3.05) is 13.2 Å². The lowest BCUT2D eigenvalue weighted by molar-refractivity contribution is -0.000884. The Bertz CT molecular complexity index is 333. The number of benzene rings is 1. The number of hydrogen-bond acceptors (Lipinski definition) is 2. The molecular weight excluding hydrogens is 234 g/mol. The molecular formula is C14H22ClNO. The smallest absolute Gasteiger partial charge is 0.0599 e. The molecule has 3 heteroatoms. The first-order chi connectivity index (χ1) is 8.01. The van der Waals surface area contributed by atoms with Crippen LogP contribution in [0.1, 0.15) is 31.9 Å². The third-order valence-electron chi connectivity index (χ3n) is 2.29. The van der Waals surface area contributed by atoms with Crippen LogP contribution in [0.5, 0.6) is 0 Å². The molecule has 0 bridgehead atoms. The minimum atomic E-state index is -0.0553. The molecule has 0 saturated carbocycles. The topological polar surface area (TPSA) is 21.3 Å². The summed E-state index contributed by atoms with van der Waals surface area (Å²) in [6.07, 6.45) is 0. The number of halogens is 1. The van der Waals surface area contributed by atoms with Crippen LogP contribution in [-0.4, -0.2) is 18.8 Å². The summed E-state index contributed by atoms with van der Waals surface area (Å²) in [5.41, 5.74) is 2.37. The van der Waals surface area contributed by atoms with Gasteiger partial charge in [-0.15, -0.1) is 11.6 Å². The highest BCUT2D eigenvalue weighted by Gasteiger charge is 2.08. The lowest BCUT2D eigenvalue weighted by Gasteiger charge is -2.19. The van der Waals surface area contributed by atoms with Gasteiger partial charge in [-0.2, -0.15) is 0 Å². The van der Waals surface area contributed by atoms with Crippen LogP contribution < -0.4 is 5.32 Å². The van der Waals surface area contributed by atoms with Gasteiger partial charge in [0.2, 0.25) is 0 Å². The fourth-order valence-electron chi connectivity index (χ4n) is 1.48. The van der Waals surface area contributed by atoms with Crippen molar-refractivity contribution < 1.29 is 4.74 Å². The van der Waals surface area contributed by atoms with E-state index in [1.165, 1.54) is 5.56 Å². The van der Waals surface area contributed by atoms with E-state index in [1.807, 2.05) is 12.1 Å². The van der Waals surface area contributed by atoms with Crippen LogP contribution in [0.25, 0.3) is 0 Å². The zero-order valence-electron chi connectivity index (χ0n) is 10.9. The molecule has 0 radical (unpaired) electrons. The van der Waals surface area contributed by atoms with Gasteiger partial charge in [-0.1, -0.05) is 24.3 Å². The molecule has 1 aromatic rings. The Kier molecular flexibility index (Phi) is 5.96. The molecule has 0 aliphatic heterocycles. The lowest BCUT2D eigenvalue weighted by atomic mass is 10.1. The summed E-state index contributed by atoms with van der Waals surface area (Å²) in [4.78, 5) is 0. The maximum absolute atomic E-state index is 5.79. The van der Waals surface area contributed by atoms with E-state index in [1.54, 1.807) is 0 Å². The molecule has 0 atom stereocenters. The van der Waals surface area contributed by atoms with Gasteiger partial charge in [-0.05, 0) is 31.9 Å². The number of rotatable bonds is 6. The molecule has 1 aromatic carbocycles. The van der Waals surface area contributed by atoms with E-state index < -0.39 is 0 Å². The van der Waals surface area contributed by atoms with Crippen molar-refractivity contribution in [1.29, 1.82) is 0 Å². The second kappa shape index (κ2) is 7.00. The van der Waals surface area contributed by atoms with E-state index in [-0.39, 0.29) is 5.60 Å². The van der Waals surface area contributed by atoms with Crippen molar-refractivity contribution in [2.45, 2.75) is 38.8 Å². The van der Waals surface area contributed by atoms with Crippen molar-refractivity contribution in [3.8, 4) is 0 Å². The van der Waals surface area contributed by atoms with Crippen molar-refractivity contribution >= 4 is 11.6 Å². The zero-order valence-corrected chi connectivity index (χ0v) is 11.7. The maximum Gasteiger partial charge on any atom is 0.0599 e. The summed E-state index contributed by atoms with van der Waals surface area (Å²) < 4.78 is 5.63. The molecule has 0 aliphatic rings. The highest BCUT2D eigenvalue weighted by Crippen LogP contribution is 2.08. The first kappa shape index (κ1) is 14.5. The van der Waals surface area contributed by atoms with Crippen LogP contribution >= 0.6 is 11.6 Å². The second-order valence-electron chi connectivity index (χ2n) is 5.09. The molecule has 0 spiro atoms. The molecule has 2 nitrogen and oxygen atoms in total. The molecule has 0 aromatic heterocycles. The predicted octanol–water partition coefficient (Wildman–Crippen LogP) is 3.33. The van der Waals surface area contributed by atoms with Crippen LogP contribution in [-0.2, 0) is 17.2 Å². The number of alkyl halides is 1. The first-order valence-corrected chi connectivity index (χ1v) is 6.53. The molecule has 1 N–H and O–H groups in total. The molecule has 0 fully saturated rings. The van der Waals surface area contributed by atoms with Gasteiger partial charge < -0.3 is 10.1 Å². The average Bonchev–Trinajstić information content (AvgIpc) is 2.27. The number of nitrogens with one attached hydrogen (secondary N) is 1. The Morgan fingerprint density at radius 2 is 1.94 bits per heavy atom. The standard InChI is InChI=1S/C14H22ClNO/c1-14(2,3)17-8-7-16-11-13-6-4-5-12(9-13)10-15/h4-6,9,16H,7-8,10-11H2,1-3H3. The average molecular weight is 256 g/mol. The molecule has 0 amide bonds. The Labute approximate surface area is 109 Å². The van der Waals surface area contributed by atoms with Gasteiger partial charge in [-0.3, -0.25) is 0 Å². The van der Waals surface area contributed by atoms with E-state index in [2.05, 4.69) is 38.2 Å². The van der Waals surface area contributed by atoms with Crippen LogP contribution in [0.15, 0.2) is 24.3 Å². The summed E-state index contributed by atoms with van der Waals surface area (Å²) in [5, 5.41) is 3.36. The lowest BCUT2D eigenvalue weighted by Crippen LogP contribution is -2.26. The van der Waals surface area contributed by atoms with Gasteiger partial charge >= 0.3 is 0 Å². The normalized spacial score (nSPS) is 11.8. The van der Waals surface area contributed by atoms with E-state index in [0.29, 0.717) is 5.88 Å². The van der Waals surface area contributed by atoms with Gasteiger partial charge in [0.1, 0.15) is 0 Å². The molecule has 17 heavy (non-hydrogen) atoms. The Balaban J connectivity index is 2.22. The van der Waals surface area contributed by atoms with Crippen molar-refractivity contribution in [3.63, 3.8) is 0 Å². The summed E-state index contributed by atoms with van der Waals surface area (Å²) >= 11 is 5.79. The SMILES string of the molecule is CC(C)(C)OCCNCc1cccc(CCl)c1. The summed E-state index contributed by atoms with van der Waals surface area (Å²) in [6.45, 7) is 8.66. The summed E-state index contributed by atoms with van der Waals surface area (Å²) in [7, 11) is 0. The monoisotopic (exact) mass is 255 g/mol. The van der Waals surface area contributed by atoms with E-state index in [0.717, 1.165) is 25.3 Å². The maximum atomic E-state index is 5.79. The minimum absolute atomic E-state index is 0.0553. The van der Waals surface area contributed by atoms with Crippen LogP contribution in [0.3, 0.4) is 0 Å². The fraction of sp³-hybridized carbons (Fsp3) is 0.571. The highest BCUT2D eigenvalue weighted by molar-refractivity contribution is 6.17. The molecule has 96 valence electrons. The molecule has 0 aliphatic carbocycles. The van der Waals surface area contributed by atoms with Crippen LogP contribution in [0.4, 0.5) is 0 Å². The van der Waals surface area contributed by atoms with Gasteiger partial charge in [0, 0.05) is 19.0 Å². The number of ether oxygens (including phenoxy) is 1. The summed E-state index contributed by atoms with van der Waals surface area (Å²) in [5.74, 6) is 0.570. The zero-order chi connectivity index (χ0) is 12.7. The van der Waals surface area contributed by atoms with E-state index in [9.17, 15) is 0 Å². The van der Waals surface area contributed by atoms with E-state index >= 15 is 0 Å². The van der Waals surface area contributed by atoms with Crippen LogP contribution in [0, 0.1) is 0 Å². The Hall–Kier alpha value is -0.570. The Morgan fingerprint density at radius 3 is 2.59 bits per heavy atom. The highest BCUT2D eigenvalue weighted by atomic mass is 35.5. The molecule has 0 unspecified atom stereocenters. The Morgan fingerprint density at radius 1 is 1.24 bits per heavy atom. The van der Waals surface area contributed by atoms with Crippen molar-refractivity contribution in [3.05, 3.63) is 35.4 Å². The quantitative estimate of drug-likeness (QED) is 0.622. The largest absolute Gasteiger partial charge is 0.375 e.